The quantitative estimate of drug-likeness (QED) is 0.590. The van der Waals surface area contributed by atoms with Crippen LogP contribution in [0, 0.1) is 16.0 Å². The Kier molecular flexibility index (Phi) is 4.82. The minimum Gasteiger partial charge on any atom is -0.427 e. The van der Waals surface area contributed by atoms with E-state index < -0.39 is 23.0 Å². The first-order valence-corrected chi connectivity index (χ1v) is 7.88. The maximum Gasteiger partial charge on any atom is 0.387 e. The molecular formula is C16H18F2N4O3. The Bertz CT molecular complexity index is 766. The van der Waals surface area contributed by atoms with Crippen LogP contribution in [0.25, 0.3) is 0 Å². The summed E-state index contributed by atoms with van der Waals surface area (Å²) in [4.78, 5) is 12.3. The topological polar surface area (TPSA) is 73.4 Å². The van der Waals surface area contributed by atoms with Crippen LogP contribution in [-0.2, 0) is 13.5 Å². The number of anilines is 1. The van der Waals surface area contributed by atoms with Gasteiger partial charge in [0.1, 0.15) is 0 Å². The standard InChI is InChI=1S/C16H18F2N4O3/c1-20-9-12(8-19-20)6-11-4-5-21(10-11)13-2-3-14(22(23)24)15(7-13)25-16(17)18/h2-3,7-9,11,16H,4-6,10H2,1H3. The van der Waals surface area contributed by atoms with Crippen molar-refractivity contribution < 1.29 is 18.4 Å². The van der Waals surface area contributed by atoms with Crippen molar-refractivity contribution in [3.63, 3.8) is 0 Å². The molecule has 3 rings (SSSR count). The van der Waals surface area contributed by atoms with Gasteiger partial charge in [0.05, 0.1) is 11.1 Å². The Morgan fingerprint density at radius 3 is 2.92 bits per heavy atom. The van der Waals surface area contributed by atoms with Gasteiger partial charge in [0, 0.05) is 44.2 Å². The van der Waals surface area contributed by atoms with Crippen LogP contribution >= 0.6 is 0 Å². The first kappa shape index (κ1) is 17.1. The molecule has 1 saturated heterocycles. The zero-order valence-electron chi connectivity index (χ0n) is 13.6. The number of ether oxygens (including phenoxy) is 1. The zero-order chi connectivity index (χ0) is 18.0. The second-order valence-electron chi connectivity index (χ2n) is 6.11. The summed E-state index contributed by atoms with van der Waals surface area (Å²) in [6, 6.07) is 4.10. The van der Waals surface area contributed by atoms with Gasteiger partial charge in [0.25, 0.3) is 0 Å². The fraction of sp³-hybridized carbons (Fsp3) is 0.438. The number of rotatable bonds is 6. The molecule has 1 fully saturated rings. The number of halogens is 2. The van der Waals surface area contributed by atoms with Gasteiger partial charge in [0.15, 0.2) is 0 Å². The third-order valence-electron chi connectivity index (χ3n) is 4.29. The maximum absolute atomic E-state index is 12.5. The molecule has 9 heteroatoms. The van der Waals surface area contributed by atoms with E-state index in [2.05, 4.69) is 9.84 Å². The summed E-state index contributed by atoms with van der Waals surface area (Å²) in [6.45, 7) is -1.59. The van der Waals surface area contributed by atoms with Crippen molar-refractivity contribution in [1.29, 1.82) is 0 Å². The summed E-state index contributed by atoms with van der Waals surface area (Å²) in [6.07, 6.45) is 5.65. The molecule has 0 bridgehead atoms. The second kappa shape index (κ2) is 7.04. The van der Waals surface area contributed by atoms with Crippen LogP contribution in [0.1, 0.15) is 12.0 Å². The lowest BCUT2D eigenvalue weighted by molar-refractivity contribution is -0.386. The minimum absolute atomic E-state index is 0.409. The molecule has 1 aromatic heterocycles. The molecule has 0 radical (unpaired) electrons. The van der Waals surface area contributed by atoms with Crippen molar-refractivity contribution in [1.82, 2.24) is 9.78 Å². The maximum atomic E-state index is 12.5. The molecule has 1 atom stereocenters. The highest BCUT2D eigenvalue weighted by Crippen LogP contribution is 2.35. The number of nitro groups is 1. The number of nitrogens with zero attached hydrogens (tertiary/aromatic N) is 4. The normalized spacial score (nSPS) is 17.3. The molecule has 1 aromatic carbocycles. The van der Waals surface area contributed by atoms with E-state index in [0.717, 1.165) is 31.5 Å². The Morgan fingerprint density at radius 2 is 2.28 bits per heavy atom. The molecule has 2 aromatic rings. The van der Waals surface area contributed by atoms with Crippen LogP contribution in [0.15, 0.2) is 30.6 Å². The van der Waals surface area contributed by atoms with E-state index in [1.54, 1.807) is 10.7 Å². The number of nitro benzene ring substituents is 1. The number of hydrogen-bond acceptors (Lipinski definition) is 5. The molecule has 2 heterocycles. The lowest BCUT2D eigenvalue weighted by Crippen LogP contribution is -2.20. The summed E-state index contributed by atoms with van der Waals surface area (Å²) in [7, 11) is 1.87. The molecule has 0 spiro atoms. The molecule has 0 saturated carbocycles. The third kappa shape index (κ3) is 4.04. The second-order valence-corrected chi connectivity index (χ2v) is 6.11. The van der Waals surface area contributed by atoms with Gasteiger partial charge in [-0.05, 0) is 30.4 Å². The third-order valence-corrected chi connectivity index (χ3v) is 4.29. The Balaban J connectivity index is 1.72. The van der Waals surface area contributed by atoms with Crippen LogP contribution in [-0.4, -0.2) is 34.4 Å². The van der Waals surface area contributed by atoms with Gasteiger partial charge >= 0.3 is 12.3 Å². The summed E-state index contributed by atoms with van der Waals surface area (Å²) in [5.74, 6) is 0.00654. The van der Waals surface area contributed by atoms with Crippen molar-refractivity contribution in [2.24, 2.45) is 13.0 Å². The van der Waals surface area contributed by atoms with Crippen molar-refractivity contribution in [2.75, 3.05) is 18.0 Å². The smallest absolute Gasteiger partial charge is 0.387 e. The van der Waals surface area contributed by atoms with Gasteiger partial charge < -0.3 is 9.64 Å². The fourth-order valence-corrected chi connectivity index (χ4v) is 3.19. The van der Waals surface area contributed by atoms with E-state index >= 15 is 0 Å². The Labute approximate surface area is 143 Å². The van der Waals surface area contributed by atoms with E-state index in [1.807, 2.05) is 24.3 Å². The summed E-state index contributed by atoms with van der Waals surface area (Å²) in [5.41, 5.74) is 1.34. The lowest BCUT2D eigenvalue weighted by atomic mass is 10.0. The highest BCUT2D eigenvalue weighted by atomic mass is 19.3. The van der Waals surface area contributed by atoms with E-state index in [0.29, 0.717) is 11.6 Å². The molecule has 0 aliphatic carbocycles. The fourth-order valence-electron chi connectivity index (χ4n) is 3.19. The molecule has 0 amide bonds. The number of alkyl halides is 2. The first-order valence-electron chi connectivity index (χ1n) is 7.88. The van der Waals surface area contributed by atoms with Crippen molar-refractivity contribution >= 4 is 11.4 Å². The van der Waals surface area contributed by atoms with E-state index in [4.69, 9.17) is 0 Å². The van der Waals surface area contributed by atoms with Crippen LogP contribution in [0.4, 0.5) is 20.2 Å². The van der Waals surface area contributed by atoms with Gasteiger partial charge in [-0.1, -0.05) is 0 Å². The Morgan fingerprint density at radius 1 is 1.48 bits per heavy atom. The molecule has 134 valence electrons. The van der Waals surface area contributed by atoms with Gasteiger partial charge in [0.2, 0.25) is 5.75 Å². The summed E-state index contributed by atoms with van der Waals surface area (Å²) in [5, 5.41) is 15.1. The van der Waals surface area contributed by atoms with Crippen LogP contribution in [0.5, 0.6) is 5.75 Å². The van der Waals surface area contributed by atoms with Crippen LogP contribution in [0.2, 0.25) is 0 Å². The Hall–Kier alpha value is -2.71. The summed E-state index contributed by atoms with van der Waals surface area (Å²) < 4.78 is 31.1. The van der Waals surface area contributed by atoms with E-state index in [-0.39, 0.29) is 0 Å². The molecule has 7 nitrogen and oxygen atoms in total. The van der Waals surface area contributed by atoms with Gasteiger partial charge in [-0.15, -0.1) is 0 Å². The minimum atomic E-state index is -3.11. The monoisotopic (exact) mass is 352 g/mol. The predicted molar refractivity (Wildman–Crippen MR) is 87.0 cm³/mol. The molecule has 1 unspecified atom stereocenters. The molecule has 0 N–H and O–H groups in total. The van der Waals surface area contributed by atoms with Crippen molar-refractivity contribution in [3.05, 3.63) is 46.3 Å². The SMILES string of the molecule is Cn1cc(CC2CCN(c3ccc([N+](=O)[O-])c(OC(F)F)c3)C2)cn1. The number of aryl methyl sites for hydroxylation is 1. The van der Waals surface area contributed by atoms with E-state index in [9.17, 15) is 18.9 Å². The molecule has 1 aliphatic rings. The van der Waals surface area contributed by atoms with Crippen LogP contribution < -0.4 is 9.64 Å². The van der Waals surface area contributed by atoms with Gasteiger partial charge in [-0.3, -0.25) is 14.8 Å². The molecular weight excluding hydrogens is 334 g/mol. The average Bonchev–Trinajstić information content (AvgIpc) is 3.16. The molecule has 1 aliphatic heterocycles. The average molecular weight is 352 g/mol. The number of aromatic nitrogens is 2. The van der Waals surface area contributed by atoms with E-state index in [1.165, 1.54) is 12.1 Å². The summed E-state index contributed by atoms with van der Waals surface area (Å²) >= 11 is 0. The van der Waals surface area contributed by atoms with Gasteiger partial charge in [-0.25, -0.2) is 0 Å². The largest absolute Gasteiger partial charge is 0.427 e. The zero-order valence-corrected chi connectivity index (χ0v) is 13.6. The first-order chi connectivity index (χ1) is 11.9. The highest BCUT2D eigenvalue weighted by molar-refractivity contribution is 5.59. The van der Waals surface area contributed by atoms with Crippen LogP contribution in [0.3, 0.4) is 0 Å². The van der Waals surface area contributed by atoms with Crippen molar-refractivity contribution in [2.45, 2.75) is 19.5 Å². The van der Waals surface area contributed by atoms with Gasteiger partial charge in [-0.2, -0.15) is 13.9 Å². The molecule has 25 heavy (non-hydrogen) atoms. The number of benzene rings is 1. The number of hydrogen-bond donors (Lipinski definition) is 0. The lowest BCUT2D eigenvalue weighted by Gasteiger charge is -2.19. The highest BCUT2D eigenvalue weighted by Gasteiger charge is 2.26. The van der Waals surface area contributed by atoms with Crippen molar-refractivity contribution in [3.8, 4) is 5.75 Å². The predicted octanol–water partition coefficient (Wildman–Crippen LogP) is 3.00.